The van der Waals surface area contributed by atoms with Gasteiger partial charge in [-0.2, -0.15) is 0 Å². The molecule has 0 saturated carbocycles. The third-order valence-electron chi connectivity index (χ3n) is 4.52. The van der Waals surface area contributed by atoms with Crippen LogP contribution in [0.2, 0.25) is 0 Å². The van der Waals surface area contributed by atoms with Gasteiger partial charge >= 0.3 is 0 Å². The summed E-state index contributed by atoms with van der Waals surface area (Å²) in [6.45, 7) is 9.42. The molecule has 0 aromatic carbocycles. The minimum atomic E-state index is 0.576. The first-order chi connectivity index (χ1) is 9.79. The molecule has 20 heavy (non-hydrogen) atoms. The molecule has 1 N–H and O–H groups in total. The zero-order valence-corrected chi connectivity index (χ0v) is 13.3. The van der Waals surface area contributed by atoms with Gasteiger partial charge in [-0.15, -0.1) is 0 Å². The van der Waals surface area contributed by atoms with Crippen molar-refractivity contribution in [3.05, 3.63) is 0 Å². The van der Waals surface area contributed by atoms with E-state index in [1.807, 2.05) is 0 Å². The Labute approximate surface area is 124 Å². The van der Waals surface area contributed by atoms with E-state index in [9.17, 15) is 0 Å². The second-order valence-corrected chi connectivity index (χ2v) is 6.49. The molecule has 0 radical (unpaired) electrons. The quantitative estimate of drug-likeness (QED) is 0.736. The SMILES string of the molecule is CCCNC(CN(C)CC1CCCOC1)C1CCOC1. The molecule has 0 bridgehead atoms. The molecular weight excluding hydrogens is 252 g/mol. The fourth-order valence-corrected chi connectivity index (χ4v) is 3.38. The summed E-state index contributed by atoms with van der Waals surface area (Å²) in [6.07, 6.45) is 4.96. The third kappa shape index (κ3) is 5.32. The summed E-state index contributed by atoms with van der Waals surface area (Å²) >= 11 is 0. The van der Waals surface area contributed by atoms with E-state index in [0.29, 0.717) is 12.0 Å². The van der Waals surface area contributed by atoms with Crippen LogP contribution in [0.5, 0.6) is 0 Å². The van der Waals surface area contributed by atoms with Crippen LogP contribution in [-0.4, -0.2) is 64.1 Å². The Bertz CT molecular complexity index is 251. The van der Waals surface area contributed by atoms with Gasteiger partial charge in [0.15, 0.2) is 0 Å². The summed E-state index contributed by atoms with van der Waals surface area (Å²) in [6, 6.07) is 0.576. The van der Waals surface area contributed by atoms with Gasteiger partial charge in [-0.3, -0.25) is 0 Å². The van der Waals surface area contributed by atoms with Crippen molar-refractivity contribution in [1.82, 2.24) is 10.2 Å². The lowest BCUT2D eigenvalue weighted by molar-refractivity contribution is 0.0398. The summed E-state index contributed by atoms with van der Waals surface area (Å²) < 4.78 is 11.2. The average Bonchev–Trinajstić information content (AvgIpc) is 2.98. The van der Waals surface area contributed by atoms with Crippen molar-refractivity contribution in [2.45, 2.75) is 38.6 Å². The van der Waals surface area contributed by atoms with Crippen LogP contribution < -0.4 is 5.32 Å². The van der Waals surface area contributed by atoms with Crippen molar-refractivity contribution in [2.24, 2.45) is 11.8 Å². The van der Waals surface area contributed by atoms with Gasteiger partial charge in [0.2, 0.25) is 0 Å². The molecule has 2 fully saturated rings. The molecule has 4 heteroatoms. The average molecular weight is 284 g/mol. The second-order valence-electron chi connectivity index (χ2n) is 6.49. The van der Waals surface area contributed by atoms with Crippen LogP contribution in [0.25, 0.3) is 0 Å². The highest BCUT2D eigenvalue weighted by Crippen LogP contribution is 2.19. The van der Waals surface area contributed by atoms with Gasteiger partial charge < -0.3 is 19.7 Å². The molecule has 2 aliphatic rings. The van der Waals surface area contributed by atoms with E-state index in [1.54, 1.807) is 0 Å². The molecule has 2 saturated heterocycles. The Morgan fingerprint density at radius 3 is 2.70 bits per heavy atom. The van der Waals surface area contributed by atoms with Crippen LogP contribution in [0.4, 0.5) is 0 Å². The Balaban J connectivity index is 1.75. The summed E-state index contributed by atoms with van der Waals surface area (Å²) in [4.78, 5) is 2.49. The summed E-state index contributed by atoms with van der Waals surface area (Å²) in [5.74, 6) is 1.41. The van der Waals surface area contributed by atoms with Crippen molar-refractivity contribution < 1.29 is 9.47 Å². The minimum absolute atomic E-state index is 0.576. The monoisotopic (exact) mass is 284 g/mol. The normalized spacial score (nSPS) is 28.9. The summed E-state index contributed by atoms with van der Waals surface area (Å²) in [7, 11) is 2.26. The van der Waals surface area contributed by atoms with Gasteiger partial charge in [0.1, 0.15) is 0 Å². The van der Waals surface area contributed by atoms with E-state index in [1.165, 1.54) is 25.7 Å². The van der Waals surface area contributed by atoms with Gasteiger partial charge in [-0.1, -0.05) is 6.92 Å². The molecule has 4 nitrogen and oxygen atoms in total. The fourth-order valence-electron chi connectivity index (χ4n) is 3.38. The van der Waals surface area contributed by atoms with E-state index < -0.39 is 0 Å². The predicted octanol–water partition coefficient (Wildman–Crippen LogP) is 1.75. The van der Waals surface area contributed by atoms with E-state index in [2.05, 4.69) is 24.2 Å². The Morgan fingerprint density at radius 2 is 2.05 bits per heavy atom. The van der Waals surface area contributed by atoms with Crippen molar-refractivity contribution >= 4 is 0 Å². The molecule has 0 amide bonds. The fraction of sp³-hybridized carbons (Fsp3) is 1.00. The van der Waals surface area contributed by atoms with Crippen LogP contribution >= 0.6 is 0 Å². The highest BCUT2D eigenvalue weighted by molar-refractivity contribution is 4.82. The second kappa shape index (κ2) is 8.98. The number of nitrogens with zero attached hydrogens (tertiary/aromatic N) is 1. The first-order valence-electron chi connectivity index (χ1n) is 8.37. The largest absolute Gasteiger partial charge is 0.381 e. The van der Waals surface area contributed by atoms with E-state index in [4.69, 9.17) is 9.47 Å². The maximum atomic E-state index is 5.59. The molecule has 118 valence electrons. The Hall–Kier alpha value is -0.160. The molecule has 3 unspecified atom stereocenters. The molecule has 0 aliphatic carbocycles. The topological polar surface area (TPSA) is 33.7 Å². The van der Waals surface area contributed by atoms with Crippen LogP contribution in [-0.2, 0) is 9.47 Å². The van der Waals surface area contributed by atoms with Gasteiger partial charge in [-0.05, 0) is 45.2 Å². The molecule has 2 rings (SSSR count). The lowest BCUT2D eigenvalue weighted by Gasteiger charge is -2.32. The number of likely N-dealkylation sites (N-methyl/N-ethyl adjacent to an activating group) is 1. The number of hydrogen-bond acceptors (Lipinski definition) is 4. The minimum Gasteiger partial charge on any atom is -0.381 e. The summed E-state index contributed by atoms with van der Waals surface area (Å²) in [5, 5.41) is 3.73. The lowest BCUT2D eigenvalue weighted by Crippen LogP contribution is -2.46. The van der Waals surface area contributed by atoms with Crippen LogP contribution in [0.3, 0.4) is 0 Å². The lowest BCUT2D eigenvalue weighted by atomic mass is 9.97. The van der Waals surface area contributed by atoms with Gasteiger partial charge in [0, 0.05) is 38.3 Å². The predicted molar refractivity (Wildman–Crippen MR) is 82.0 cm³/mol. The zero-order chi connectivity index (χ0) is 14.2. The first-order valence-corrected chi connectivity index (χ1v) is 8.37. The molecule has 2 aliphatic heterocycles. The van der Waals surface area contributed by atoms with Gasteiger partial charge in [0.05, 0.1) is 13.2 Å². The van der Waals surface area contributed by atoms with Crippen LogP contribution in [0.15, 0.2) is 0 Å². The maximum absolute atomic E-state index is 5.59. The van der Waals surface area contributed by atoms with Crippen LogP contribution in [0.1, 0.15) is 32.6 Å². The molecule has 0 aromatic heterocycles. The first kappa shape index (κ1) is 16.2. The van der Waals surface area contributed by atoms with Gasteiger partial charge in [-0.25, -0.2) is 0 Å². The molecule has 3 atom stereocenters. The molecular formula is C16H32N2O2. The number of nitrogens with one attached hydrogen (secondary N) is 1. The third-order valence-corrected chi connectivity index (χ3v) is 4.52. The zero-order valence-electron chi connectivity index (χ0n) is 13.3. The highest BCUT2D eigenvalue weighted by Gasteiger charge is 2.27. The molecule has 0 spiro atoms. The summed E-state index contributed by atoms with van der Waals surface area (Å²) in [5.41, 5.74) is 0. The van der Waals surface area contributed by atoms with Crippen molar-refractivity contribution in [2.75, 3.05) is 53.1 Å². The van der Waals surface area contributed by atoms with Gasteiger partial charge in [0.25, 0.3) is 0 Å². The van der Waals surface area contributed by atoms with E-state index in [0.717, 1.165) is 52.0 Å². The van der Waals surface area contributed by atoms with E-state index in [-0.39, 0.29) is 0 Å². The number of rotatable bonds is 8. The number of hydrogen-bond donors (Lipinski definition) is 1. The smallest absolute Gasteiger partial charge is 0.0510 e. The standard InChI is InChI=1S/C16H32N2O2/c1-3-7-17-16(15-6-9-20-13-15)11-18(2)10-14-5-4-8-19-12-14/h14-17H,3-13H2,1-2H3. The van der Waals surface area contributed by atoms with Crippen molar-refractivity contribution in [3.63, 3.8) is 0 Å². The van der Waals surface area contributed by atoms with Crippen molar-refractivity contribution in [1.29, 1.82) is 0 Å². The Kier molecular flexibility index (Phi) is 7.28. The maximum Gasteiger partial charge on any atom is 0.0510 e. The van der Waals surface area contributed by atoms with Crippen molar-refractivity contribution in [3.8, 4) is 0 Å². The molecule has 2 heterocycles. The number of ether oxygens (including phenoxy) is 2. The van der Waals surface area contributed by atoms with Crippen LogP contribution in [0, 0.1) is 11.8 Å². The highest BCUT2D eigenvalue weighted by atomic mass is 16.5. The van der Waals surface area contributed by atoms with E-state index >= 15 is 0 Å². The molecule has 0 aromatic rings. The Morgan fingerprint density at radius 1 is 1.20 bits per heavy atom.